The second-order valence-electron chi connectivity index (χ2n) is 4.95. The van der Waals surface area contributed by atoms with Gasteiger partial charge in [0.2, 0.25) is 0 Å². The lowest BCUT2D eigenvalue weighted by atomic mass is 10.2. The van der Waals surface area contributed by atoms with Gasteiger partial charge in [-0.15, -0.1) is 0 Å². The van der Waals surface area contributed by atoms with Crippen LogP contribution < -0.4 is 0 Å². The first-order chi connectivity index (χ1) is 10.8. The third-order valence-electron chi connectivity index (χ3n) is 3.59. The molecular formula is C18H12BrN3. The second-order valence-corrected chi connectivity index (χ2v) is 5.80. The molecule has 0 atom stereocenters. The lowest BCUT2D eigenvalue weighted by Gasteiger charge is -2.09. The highest BCUT2D eigenvalue weighted by molar-refractivity contribution is 9.10. The number of nitrogens with zero attached hydrogens (tertiary/aromatic N) is 3. The minimum Gasteiger partial charge on any atom is -0.292 e. The molecule has 22 heavy (non-hydrogen) atoms. The van der Waals surface area contributed by atoms with Gasteiger partial charge in [0.05, 0.1) is 5.52 Å². The predicted octanol–water partition coefficient (Wildman–Crippen LogP) is 4.85. The molecule has 0 saturated carbocycles. The minimum absolute atomic E-state index is 0.913. The topological polar surface area (TPSA) is 30.7 Å². The third kappa shape index (κ3) is 2.12. The molecule has 2 aromatic heterocycles. The van der Waals surface area contributed by atoms with Gasteiger partial charge in [-0.3, -0.25) is 9.55 Å². The Morgan fingerprint density at radius 2 is 1.59 bits per heavy atom. The van der Waals surface area contributed by atoms with Gasteiger partial charge in [0.15, 0.2) is 0 Å². The summed E-state index contributed by atoms with van der Waals surface area (Å²) >= 11 is 3.60. The lowest BCUT2D eigenvalue weighted by Crippen LogP contribution is -1.97. The van der Waals surface area contributed by atoms with E-state index in [0.717, 1.165) is 32.6 Å². The largest absolute Gasteiger partial charge is 0.292 e. The van der Waals surface area contributed by atoms with Gasteiger partial charge in [0.25, 0.3) is 0 Å². The highest BCUT2D eigenvalue weighted by Crippen LogP contribution is 2.31. The number of hydrogen-bond acceptors (Lipinski definition) is 2. The number of hydrogen-bond donors (Lipinski definition) is 0. The van der Waals surface area contributed by atoms with E-state index in [9.17, 15) is 0 Å². The Labute approximate surface area is 136 Å². The quantitative estimate of drug-likeness (QED) is 0.517. The van der Waals surface area contributed by atoms with Crippen LogP contribution in [0, 0.1) is 0 Å². The molecule has 0 aliphatic heterocycles. The van der Waals surface area contributed by atoms with Crippen LogP contribution in [0.25, 0.3) is 28.1 Å². The first-order valence-electron chi connectivity index (χ1n) is 6.97. The normalized spacial score (nSPS) is 11.0. The summed E-state index contributed by atoms with van der Waals surface area (Å²) in [6.45, 7) is 0. The molecule has 0 N–H and O–H groups in total. The summed E-state index contributed by atoms with van der Waals surface area (Å²) in [6.07, 6.45) is 3.58. The number of para-hydroxylation sites is 2. The summed E-state index contributed by atoms with van der Waals surface area (Å²) in [5.74, 6) is 0.913. The number of benzene rings is 2. The fraction of sp³-hybridized carbons (Fsp3) is 0. The van der Waals surface area contributed by atoms with Crippen molar-refractivity contribution >= 4 is 27.0 Å². The molecule has 0 radical (unpaired) electrons. The molecule has 106 valence electrons. The van der Waals surface area contributed by atoms with Gasteiger partial charge >= 0.3 is 0 Å². The lowest BCUT2D eigenvalue weighted by molar-refractivity contribution is 1.10. The zero-order chi connectivity index (χ0) is 14.9. The summed E-state index contributed by atoms with van der Waals surface area (Å²) in [4.78, 5) is 8.95. The van der Waals surface area contributed by atoms with Crippen molar-refractivity contribution in [3.05, 3.63) is 77.5 Å². The molecule has 4 rings (SSSR count). The molecule has 3 nitrogen and oxygen atoms in total. The van der Waals surface area contributed by atoms with Gasteiger partial charge in [-0.05, 0) is 52.3 Å². The van der Waals surface area contributed by atoms with E-state index < -0.39 is 0 Å². The van der Waals surface area contributed by atoms with Crippen molar-refractivity contribution in [1.82, 2.24) is 14.5 Å². The van der Waals surface area contributed by atoms with Crippen LogP contribution in [0.5, 0.6) is 0 Å². The SMILES string of the molecule is Brc1cccc2c1nc(-c1ccncc1)n2-c1ccccc1. The minimum atomic E-state index is 0.913. The van der Waals surface area contributed by atoms with Crippen LogP contribution in [0.4, 0.5) is 0 Å². The maximum atomic E-state index is 4.85. The fourth-order valence-electron chi connectivity index (χ4n) is 2.60. The van der Waals surface area contributed by atoms with Crippen LogP contribution in [0.2, 0.25) is 0 Å². The van der Waals surface area contributed by atoms with E-state index in [1.165, 1.54) is 0 Å². The summed E-state index contributed by atoms with van der Waals surface area (Å²) in [5.41, 5.74) is 4.17. The monoisotopic (exact) mass is 349 g/mol. The molecule has 0 aliphatic carbocycles. The first kappa shape index (κ1) is 13.2. The van der Waals surface area contributed by atoms with Crippen molar-refractivity contribution in [1.29, 1.82) is 0 Å². The molecule has 2 heterocycles. The number of pyridine rings is 1. The Hall–Kier alpha value is -2.46. The van der Waals surface area contributed by atoms with Crippen LogP contribution in [0.15, 0.2) is 77.5 Å². The van der Waals surface area contributed by atoms with Crippen LogP contribution in [-0.4, -0.2) is 14.5 Å². The number of rotatable bonds is 2. The molecule has 0 spiro atoms. The van der Waals surface area contributed by atoms with Crippen molar-refractivity contribution in [2.24, 2.45) is 0 Å². The smallest absolute Gasteiger partial charge is 0.145 e. The molecule has 0 bridgehead atoms. The molecule has 4 heteroatoms. The molecule has 2 aromatic carbocycles. The molecule has 0 amide bonds. The highest BCUT2D eigenvalue weighted by atomic mass is 79.9. The van der Waals surface area contributed by atoms with E-state index in [0.29, 0.717) is 0 Å². The molecule has 0 unspecified atom stereocenters. The van der Waals surface area contributed by atoms with Crippen molar-refractivity contribution in [3.63, 3.8) is 0 Å². The van der Waals surface area contributed by atoms with Gasteiger partial charge in [0, 0.05) is 28.1 Å². The summed E-state index contributed by atoms with van der Waals surface area (Å²) in [6, 6.07) is 20.4. The van der Waals surface area contributed by atoms with Gasteiger partial charge in [0.1, 0.15) is 11.3 Å². The zero-order valence-electron chi connectivity index (χ0n) is 11.6. The molecule has 0 fully saturated rings. The average molecular weight is 350 g/mol. The van der Waals surface area contributed by atoms with E-state index in [2.05, 4.69) is 43.7 Å². The zero-order valence-corrected chi connectivity index (χ0v) is 13.2. The van der Waals surface area contributed by atoms with Gasteiger partial charge < -0.3 is 0 Å². The van der Waals surface area contributed by atoms with Crippen LogP contribution in [0.3, 0.4) is 0 Å². The van der Waals surface area contributed by atoms with Gasteiger partial charge in [-0.2, -0.15) is 0 Å². The highest BCUT2D eigenvalue weighted by Gasteiger charge is 2.15. The van der Waals surface area contributed by atoms with Crippen molar-refractivity contribution in [2.45, 2.75) is 0 Å². The van der Waals surface area contributed by atoms with E-state index >= 15 is 0 Å². The van der Waals surface area contributed by atoms with E-state index in [-0.39, 0.29) is 0 Å². The number of halogens is 1. The van der Waals surface area contributed by atoms with Gasteiger partial charge in [-0.25, -0.2) is 4.98 Å². The van der Waals surface area contributed by atoms with Crippen LogP contribution >= 0.6 is 15.9 Å². The second kappa shape index (κ2) is 5.39. The Morgan fingerprint density at radius 3 is 2.36 bits per heavy atom. The first-order valence-corrected chi connectivity index (χ1v) is 7.77. The van der Waals surface area contributed by atoms with Gasteiger partial charge in [-0.1, -0.05) is 24.3 Å². The van der Waals surface area contributed by atoms with E-state index in [1.807, 2.05) is 42.5 Å². The molecule has 4 aromatic rings. The van der Waals surface area contributed by atoms with Crippen molar-refractivity contribution in [2.75, 3.05) is 0 Å². The number of fused-ring (bicyclic) bond motifs is 1. The fourth-order valence-corrected chi connectivity index (χ4v) is 3.04. The Morgan fingerprint density at radius 1 is 0.818 bits per heavy atom. The van der Waals surface area contributed by atoms with Crippen LogP contribution in [0.1, 0.15) is 0 Å². The molecule has 0 aliphatic rings. The van der Waals surface area contributed by atoms with E-state index in [4.69, 9.17) is 4.98 Å². The average Bonchev–Trinajstić information content (AvgIpc) is 2.97. The summed E-state index contributed by atoms with van der Waals surface area (Å²) in [5, 5.41) is 0. The third-order valence-corrected chi connectivity index (χ3v) is 4.23. The predicted molar refractivity (Wildman–Crippen MR) is 92.0 cm³/mol. The Balaban J connectivity index is 2.10. The number of aromatic nitrogens is 3. The van der Waals surface area contributed by atoms with Crippen molar-refractivity contribution in [3.8, 4) is 17.1 Å². The maximum Gasteiger partial charge on any atom is 0.145 e. The summed E-state index contributed by atoms with van der Waals surface area (Å²) in [7, 11) is 0. The van der Waals surface area contributed by atoms with Crippen LogP contribution in [-0.2, 0) is 0 Å². The molecule has 0 saturated heterocycles. The number of imidazole rings is 1. The Bertz CT molecular complexity index is 931. The standard InChI is InChI=1S/C18H12BrN3/c19-15-7-4-8-16-17(15)21-18(13-9-11-20-12-10-13)22(16)14-5-2-1-3-6-14/h1-12H. The Kier molecular flexibility index (Phi) is 3.24. The summed E-state index contributed by atoms with van der Waals surface area (Å²) < 4.78 is 3.17. The van der Waals surface area contributed by atoms with E-state index in [1.54, 1.807) is 12.4 Å². The molecular weight excluding hydrogens is 338 g/mol. The maximum absolute atomic E-state index is 4.85. The van der Waals surface area contributed by atoms with Crippen molar-refractivity contribution < 1.29 is 0 Å².